The van der Waals surface area contributed by atoms with Crippen molar-refractivity contribution in [1.29, 1.82) is 0 Å². The number of aliphatic hydroxyl groups is 1. The second-order valence-corrected chi connectivity index (χ2v) is 1.90. The van der Waals surface area contributed by atoms with Gasteiger partial charge in [-0.05, 0) is 6.92 Å². The van der Waals surface area contributed by atoms with Gasteiger partial charge in [0.25, 0.3) is 0 Å². The standard InChI is InChI=1S/C6H13NO3/c1-2-10-4-3-5(8)6(7)9/h5,8H,2-4H2,1H3,(H2,7,9). The summed E-state index contributed by atoms with van der Waals surface area (Å²) in [6, 6.07) is 0. The molecule has 0 aliphatic heterocycles. The van der Waals surface area contributed by atoms with Crippen LogP contribution in [-0.4, -0.2) is 30.3 Å². The van der Waals surface area contributed by atoms with Gasteiger partial charge in [-0.2, -0.15) is 0 Å². The molecule has 1 amide bonds. The molecule has 4 heteroatoms. The van der Waals surface area contributed by atoms with Gasteiger partial charge >= 0.3 is 0 Å². The smallest absolute Gasteiger partial charge is 0.246 e. The number of nitrogens with two attached hydrogens (primary N) is 1. The Hall–Kier alpha value is -0.610. The van der Waals surface area contributed by atoms with Crippen molar-refractivity contribution in [2.24, 2.45) is 5.73 Å². The van der Waals surface area contributed by atoms with Crippen molar-refractivity contribution in [3.63, 3.8) is 0 Å². The summed E-state index contributed by atoms with van der Waals surface area (Å²) >= 11 is 0. The highest BCUT2D eigenvalue weighted by Crippen LogP contribution is 1.90. The van der Waals surface area contributed by atoms with Crippen molar-refractivity contribution in [2.75, 3.05) is 13.2 Å². The first-order valence-electron chi connectivity index (χ1n) is 3.23. The van der Waals surface area contributed by atoms with E-state index in [-0.39, 0.29) is 6.42 Å². The summed E-state index contributed by atoms with van der Waals surface area (Å²) in [5.41, 5.74) is 4.77. The number of aliphatic hydroxyl groups excluding tert-OH is 1. The normalized spacial score (nSPS) is 13.0. The van der Waals surface area contributed by atoms with E-state index in [4.69, 9.17) is 15.6 Å². The fourth-order valence-corrected chi connectivity index (χ4v) is 0.482. The minimum atomic E-state index is -1.06. The number of hydrogen-bond acceptors (Lipinski definition) is 3. The number of primary amides is 1. The first kappa shape index (κ1) is 9.39. The van der Waals surface area contributed by atoms with Crippen LogP contribution in [0.3, 0.4) is 0 Å². The van der Waals surface area contributed by atoms with Gasteiger partial charge < -0.3 is 15.6 Å². The number of hydrogen-bond donors (Lipinski definition) is 2. The summed E-state index contributed by atoms with van der Waals surface area (Å²) in [5.74, 6) is -0.695. The highest BCUT2D eigenvalue weighted by atomic mass is 16.5. The zero-order valence-electron chi connectivity index (χ0n) is 6.04. The van der Waals surface area contributed by atoms with E-state index in [2.05, 4.69) is 0 Å². The van der Waals surface area contributed by atoms with Gasteiger partial charge in [-0.3, -0.25) is 4.79 Å². The first-order chi connectivity index (χ1) is 4.68. The Kier molecular flexibility index (Phi) is 4.88. The first-order valence-corrected chi connectivity index (χ1v) is 3.23. The molecule has 0 saturated heterocycles. The van der Waals surface area contributed by atoms with Gasteiger partial charge in [-0.15, -0.1) is 0 Å². The fraction of sp³-hybridized carbons (Fsp3) is 0.833. The lowest BCUT2D eigenvalue weighted by molar-refractivity contribution is -0.126. The molecule has 0 heterocycles. The van der Waals surface area contributed by atoms with E-state index in [0.29, 0.717) is 13.2 Å². The van der Waals surface area contributed by atoms with Crippen LogP contribution < -0.4 is 5.73 Å². The Balaban J connectivity index is 3.21. The van der Waals surface area contributed by atoms with Crippen LogP contribution in [0.5, 0.6) is 0 Å². The van der Waals surface area contributed by atoms with E-state index < -0.39 is 12.0 Å². The van der Waals surface area contributed by atoms with Crippen molar-refractivity contribution >= 4 is 5.91 Å². The molecular weight excluding hydrogens is 134 g/mol. The van der Waals surface area contributed by atoms with Gasteiger partial charge in [0.1, 0.15) is 6.10 Å². The molecule has 0 saturated carbocycles. The number of carbonyl (C=O) groups is 1. The lowest BCUT2D eigenvalue weighted by atomic mass is 10.2. The molecule has 0 radical (unpaired) electrons. The third-order valence-corrected chi connectivity index (χ3v) is 1.07. The minimum Gasteiger partial charge on any atom is -0.383 e. The zero-order chi connectivity index (χ0) is 7.98. The number of carbonyl (C=O) groups excluding carboxylic acids is 1. The quantitative estimate of drug-likeness (QED) is 0.503. The van der Waals surface area contributed by atoms with Crippen LogP contribution in [0.25, 0.3) is 0 Å². The van der Waals surface area contributed by atoms with Crippen LogP contribution in [0.4, 0.5) is 0 Å². The molecule has 0 aromatic heterocycles. The number of ether oxygens (including phenoxy) is 1. The average Bonchev–Trinajstić information content (AvgIpc) is 1.88. The Morgan fingerprint density at radius 2 is 2.40 bits per heavy atom. The van der Waals surface area contributed by atoms with Gasteiger partial charge in [0.2, 0.25) is 5.91 Å². The van der Waals surface area contributed by atoms with Crippen LogP contribution in [-0.2, 0) is 9.53 Å². The van der Waals surface area contributed by atoms with Crippen molar-refractivity contribution < 1.29 is 14.6 Å². The molecular formula is C6H13NO3. The molecule has 0 aliphatic carbocycles. The molecule has 0 aliphatic rings. The predicted molar refractivity (Wildman–Crippen MR) is 36.3 cm³/mol. The fourth-order valence-electron chi connectivity index (χ4n) is 0.482. The molecule has 4 nitrogen and oxygen atoms in total. The van der Waals surface area contributed by atoms with Crippen LogP contribution in [0.15, 0.2) is 0 Å². The van der Waals surface area contributed by atoms with Crippen molar-refractivity contribution in [3.8, 4) is 0 Å². The summed E-state index contributed by atoms with van der Waals surface area (Å²) in [6.45, 7) is 2.81. The second kappa shape index (κ2) is 5.20. The Labute approximate surface area is 60.0 Å². The number of rotatable bonds is 5. The highest BCUT2D eigenvalue weighted by molar-refractivity contribution is 5.78. The van der Waals surface area contributed by atoms with Gasteiger partial charge in [-0.1, -0.05) is 0 Å². The van der Waals surface area contributed by atoms with E-state index in [1.54, 1.807) is 0 Å². The number of amides is 1. The second-order valence-electron chi connectivity index (χ2n) is 1.90. The topological polar surface area (TPSA) is 72.6 Å². The maximum atomic E-state index is 10.2. The van der Waals surface area contributed by atoms with E-state index in [1.807, 2.05) is 6.92 Å². The molecule has 60 valence electrons. The molecule has 10 heavy (non-hydrogen) atoms. The average molecular weight is 147 g/mol. The molecule has 3 N–H and O–H groups in total. The molecule has 0 spiro atoms. The van der Waals surface area contributed by atoms with Crippen LogP contribution in [0.2, 0.25) is 0 Å². The molecule has 0 bridgehead atoms. The Bertz CT molecular complexity index is 105. The van der Waals surface area contributed by atoms with Gasteiger partial charge in [0.15, 0.2) is 0 Å². The summed E-state index contributed by atoms with van der Waals surface area (Å²) in [4.78, 5) is 10.2. The molecule has 1 unspecified atom stereocenters. The SMILES string of the molecule is CCOCCC(O)C(N)=O. The largest absolute Gasteiger partial charge is 0.383 e. The summed E-state index contributed by atoms with van der Waals surface area (Å²) < 4.78 is 4.89. The monoisotopic (exact) mass is 147 g/mol. The van der Waals surface area contributed by atoms with E-state index in [1.165, 1.54) is 0 Å². The van der Waals surface area contributed by atoms with Gasteiger partial charge in [0, 0.05) is 19.6 Å². The molecule has 0 aromatic carbocycles. The minimum absolute atomic E-state index is 0.281. The van der Waals surface area contributed by atoms with Gasteiger partial charge in [0.05, 0.1) is 0 Å². The van der Waals surface area contributed by atoms with E-state index in [9.17, 15) is 4.79 Å². The van der Waals surface area contributed by atoms with Crippen molar-refractivity contribution in [3.05, 3.63) is 0 Å². The summed E-state index contributed by atoms with van der Waals surface area (Å²) in [6.07, 6.45) is -0.782. The zero-order valence-corrected chi connectivity index (χ0v) is 6.04. The Morgan fingerprint density at radius 1 is 1.80 bits per heavy atom. The third kappa shape index (κ3) is 4.29. The maximum Gasteiger partial charge on any atom is 0.246 e. The van der Waals surface area contributed by atoms with Gasteiger partial charge in [-0.25, -0.2) is 0 Å². The summed E-state index contributed by atoms with van der Waals surface area (Å²) in [5, 5.41) is 8.80. The highest BCUT2D eigenvalue weighted by Gasteiger charge is 2.08. The molecule has 0 aromatic rings. The van der Waals surface area contributed by atoms with E-state index in [0.717, 1.165) is 0 Å². The Morgan fingerprint density at radius 3 is 2.80 bits per heavy atom. The summed E-state index contributed by atoms with van der Waals surface area (Å²) in [7, 11) is 0. The maximum absolute atomic E-state index is 10.2. The molecule has 0 fully saturated rings. The van der Waals surface area contributed by atoms with E-state index >= 15 is 0 Å². The lowest BCUT2D eigenvalue weighted by Crippen LogP contribution is -2.29. The van der Waals surface area contributed by atoms with Crippen molar-refractivity contribution in [1.82, 2.24) is 0 Å². The van der Waals surface area contributed by atoms with Crippen LogP contribution >= 0.6 is 0 Å². The van der Waals surface area contributed by atoms with Crippen molar-refractivity contribution in [2.45, 2.75) is 19.4 Å². The van der Waals surface area contributed by atoms with Crippen LogP contribution in [0.1, 0.15) is 13.3 Å². The third-order valence-electron chi connectivity index (χ3n) is 1.07. The lowest BCUT2D eigenvalue weighted by Gasteiger charge is -2.04. The van der Waals surface area contributed by atoms with Crippen LogP contribution in [0, 0.1) is 0 Å². The molecule has 0 rings (SSSR count). The predicted octanol–water partition coefficient (Wildman–Crippen LogP) is -0.741. The molecule has 1 atom stereocenters.